The molecule has 0 amide bonds. The molecule has 0 aromatic carbocycles. The summed E-state index contributed by atoms with van der Waals surface area (Å²) in [6, 6.07) is 0. The van der Waals surface area contributed by atoms with Gasteiger partial charge in [-0.2, -0.15) is 0 Å². The summed E-state index contributed by atoms with van der Waals surface area (Å²) in [4.78, 5) is 24.1. The Morgan fingerprint density at radius 2 is 1.81 bits per heavy atom. The van der Waals surface area contributed by atoms with Gasteiger partial charge in [0.25, 0.3) is 6.23 Å². The lowest BCUT2D eigenvalue weighted by atomic mass is 10.1. The maximum atomic E-state index is 12.2. The van der Waals surface area contributed by atoms with Crippen molar-refractivity contribution in [2.45, 2.75) is 32.6 Å². The Bertz CT molecular complexity index is 559. The molecule has 1 N–H and O–H groups in total. The summed E-state index contributed by atoms with van der Waals surface area (Å²) in [5, 5.41) is 9.81. The first kappa shape index (κ1) is 26.3. The van der Waals surface area contributed by atoms with Crippen LogP contribution in [0.4, 0.5) is 0 Å². The summed E-state index contributed by atoms with van der Waals surface area (Å²) in [5.74, 6) is -1.11. The Labute approximate surface area is 162 Å². The van der Waals surface area contributed by atoms with Crippen LogP contribution in [0.2, 0.25) is 0 Å². The first-order chi connectivity index (χ1) is 11.5. The van der Waals surface area contributed by atoms with Gasteiger partial charge in [0.2, 0.25) is 0 Å². The molecule has 0 aromatic rings. The van der Waals surface area contributed by atoms with Gasteiger partial charge in [-0.1, -0.05) is 31.4 Å². The van der Waals surface area contributed by atoms with Crippen LogP contribution in [0.25, 0.3) is 0 Å². The lowest BCUT2D eigenvalue weighted by Crippen LogP contribution is -3.00. The first-order valence-electron chi connectivity index (χ1n) is 8.08. The zero-order chi connectivity index (χ0) is 19.6. The van der Waals surface area contributed by atoms with E-state index in [1.54, 1.807) is 32.1 Å². The van der Waals surface area contributed by atoms with E-state index >= 15 is 0 Å². The number of aliphatic hydroxyl groups excluding tert-OH is 1. The van der Waals surface area contributed by atoms with Crippen LogP contribution in [-0.2, 0) is 19.1 Å². The molecule has 2 unspecified atom stereocenters. The molecule has 2 atom stereocenters. The van der Waals surface area contributed by atoms with E-state index in [1.165, 1.54) is 6.08 Å². The van der Waals surface area contributed by atoms with Crippen LogP contribution in [0.3, 0.4) is 0 Å². The topological polar surface area (TPSA) is 72.8 Å². The van der Waals surface area contributed by atoms with Crippen LogP contribution in [-0.4, -0.2) is 61.6 Å². The SMILES string of the molecule is C=CC=CC(=CCC(=C)C(=O)OC(C(C)O)[N+](C)(C)C)C(=O)OCC.[Cl-]. The van der Waals surface area contributed by atoms with Gasteiger partial charge >= 0.3 is 11.9 Å². The molecule has 0 aromatic heterocycles. The van der Waals surface area contributed by atoms with E-state index in [4.69, 9.17) is 9.47 Å². The Morgan fingerprint density at radius 3 is 2.23 bits per heavy atom. The zero-order valence-corrected chi connectivity index (χ0v) is 17.0. The van der Waals surface area contributed by atoms with E-state index in [2.05, 4.69) is 13.2 Å². The van der Waals surface area contributed by atoms with Crippen molar-refractivity contribution in [1.29, 1.82) is 0 Å². The lowest BCUT2D eigenvalue weighted by Gasteiger charge is -2.34. The number of carbonyl (C=O) groups is 2. The summed E-state index contributed by atoms with van der Waals surface area (Å²) < 4.78 is 10.6. The Kier molecular flexibility index (Phi) is 12.6. The minimum Gasteiger partial charge on any atom is -1.00 e. The number of carbonyl (C=O) groups excluding carboxylic acids is 2. The molecule has 0 bridgehead atoms. The largest absolute Gasteiger partial charge is 1.00 e. The maximum absolute atomic E-state index is 12.2. The molecule has 7 heteroatoms. The maximum Gasteiger partial charge on any atom is 0.338 e. The third kappa shape index (κ3) is 9.56. The molecule has 0 spiro atoms. The fourth-order valence-electron chi connectivity index (χ4n) is 2.02. The monoisotopic (exact) mass is 387 g/mol. The molecule has 0 saturated heterocycles. The molecule has 0 aliphatic heterocycles. The highest BCUT2D eigenvalue weighted by Gasteiger charge is 2.33. The van der Waals surface area contributed by atoms with Gasteiger partial charge in [-0.05, 0) is 26.3 Å². The molecule has 0 rings (SSSR count). The second kappa shape index (κ2) is 12.5. The predicted molar refractivity (Wildman–Crippen MR) is 97.4 cm³/mol. The van der Waals surface area contributed by atoms with Crippen LogP contribution in [0.15, 0.2) is 48.6 Å². The molecule has 0 radical (unpaired) electrons. The van der Waals surface area contributed by atoms with Gasteiger partial charge in [-0.25, -0.2) is 9.59 Å². The minimum absolute atomic E-state index is 0. The van der Waals surface area contributed by atoms with Crippen molar-refractivity contribution in [2.24, 2.45) is 0 Å². The van der Waals surface area contributed by atoms with E-state index in [1.807, 2.05) is 21.1 Å². The second-order valence-electron chi connectivity index (χ2n) is 6.44. The summed E-state index contributed by atoms with van der Waals surface area (Å²) in [5.41, 5.74) is 0.474. The number of ether oxygens (including phenoxy) is 2. The minimum atomic E-state index is -0.835. The van der Waals surface area contributed by atoms with E-state index in [0.29, 0.717) is 5.57 Å². The average molecular weight is 388 g/mol. The van der Waals surface area contributed by atoms with Crippen molar-refractivity contribution in [3.63, 3.8) is 0 Å². The number of rotatable bonds is 10. The van der Waals surface area contributed by atoms with Crippen molar-refractivity contribution < 1.29 is 41.1 Å². The molecule has 0 aliphatic rings. The van der Waals surface area contributed by atoms with Crippen molar-refractivity contribution in [3.8, 4) is 0 Å². The van der Waals surface area contributed by atoms with Crippen molar-refractivity contribution in [1.82, 2.24) is 0 Å². The van der Waals surface area contributed by atoms with Crippen LogP contribution < -0.4 is 12.4 Å². The Balaban J connectivity index is 0. The number of likely N-dealkylation sites (N-methyl/N-ethyl adjacent to an activating group) is 1. The molecule has 0 fully saturated rings. The molecule has 0 saturated carbocycles. The van der Waals surface area contributed by atoms with Crippen LogP contribution in [0, 0.1) is 0 Å². The number of hydrogen-bond donors (Lipinski definition) is 1. The number of hydrogen-bond acceptors (Lipinski definition) is 5. The van der Waals surface area contributed by atoms with Crippen molar-refractivity contribution >= 4 is 11.9 Å². The number of esters is 2. The number of halogens is 1. The third-order valence-electron chi connectivity index (χ3n) is 3.18. The van der Waals surface area contributed by atoms with E-state index < -0.39 is 24.3 Å². The molecular formula is C19H30ClNO5. The normalized spacial score (nSPS) is 14.2. The van der Waals surface area contributed by atoms with Gasteiger partial charge in [0.05, 0.1) is 33.3 Å². The van der Waals surface area contributed by atoms with E-state index in [9.17, 15) is 14.7 Å². The summed E-state index contributed by atoms with van der Waals surface area (Å²) >= 11 is 0. The van der Waals surface area contributed by atoms with Gasteiger partial charge in [0.1, 0.15) is 6.10 Å². The molecule has 26 heavy (non-hydrogen) atoms. The smallest absolute Gasteiger partial charge is 0.338 e. The number of nitrogens with zero attached hydrogens (tertiary/aromatic N) is 1. The van der Waals surface area contributed by atoms with Crippen LogP contribution >= 0.6 is 0 Å². The number of aliphatic hydroxyl groups is 1. The van der Waals surface area contributed by atoms with Crippen LogP contribution in [0.5, 0.6) is 0 Å². The van der Waals surface area contributed by atoms with Gasteiger partial charge in [-0.15, -0.1) is 0 Å². The Morgan fingerprint density at radius 1 is 1.23 bits per heavy atom. The number of quaternary nitrogens is 1. The van der Waals surface area contributed by atoms with Gasteiger partial charge in [0.15, 0.2) is 0 Å². The quantitative estimate of drug-likeness (QED) is 0.173. The highest BCUT2D eigenvalue weighted by Crippen LogP contribution is 2.15. The van der Waals surface area contributed by atoms with Gasteiger partial charge in [-0.3, -0.25) is 4.48 Å². The highest BCUT2D eigenvalue weighted by atomic mass is 35.5. The second-order valence-corrected chi connectivity index (χ2v) is 6.44. The molecule has 0 heterocycles. The molecule has 6 nitrogen and oxygen atoms in total. The van der Waals surface area contributed by atoms with Gasteiger partial charge < -0.3 is 27.0 Å². The van der Waals surface area contributed by atoms with Crippen LogP contribution in [0.1, 0.15) is 20.3 Å². The van der Waals surface area contributed by atoms with Crippen molar-refractivity contribution in [2.75, 3.05) is 27.7 Å². The predicted octanol–water partition coefficient (Wildman–Crippen LogP) is -0.875. The molecule has 0 aliphatic carbocycles. The Hall–Kier alpha value is -1.89. The first-order valence-corrected chi connectivity index (χ1v) is 8.08. The summed E-state index contributed by atoms with van der Waals surface area (Å²) in [6.07, 6.45) is 4.79. The fourth-order valence-corrected chi connectivity index (χ4v) is 2.02. The van der Waals surface area contributed by atoms with Crippen molar-refractivity contribution in [3.05, 3.63) is 48.6 Å². The standard InChI is InChI=1S/C19H30NO5.ClH/c1-8-10-11-16(19(23)24-9-2)13-12-14(3)18(22)25-17(15(4)21)20(5,6)7;/h8,10-11,13,15,17,21H,1,3,9,12H2,2,4-7H3;1H/q+1;/p-1. The molecular weight excluding hydrogens is 358 g/mol. The zero-order valence-electron chi connectivity index (χ0n) is 16.2. The number of allylic oxidation sites excluding steroid dienone is 3. The molecule has 148 valence electrons. The fraction of sp³-hybridized carbons (Fsp3) is 0.474. The van der Waals surface area contributed by atoms with E-state index in [-0.39, 0.29) is 35.5 Å². The van der Waals surface area contributed by atoms with Gasteiger partial charge in [0, 0.05) is 5.57 Å². The third-order valence-corrected chi connectivity index (χ3v) is 3.18. The lowest BCUT2D eigenvalue weighted by molar-refractivity contribution is -0.920. The summed E-state index contributed by atoms with van der Waals surface area (Å²) in [6.45, 7) is 10.8. The average Bonchev–Trinajstić information content (AvgIpc) is 2.50. The highest BCUT2D eigenvalue weighted by molar-refractivity contribution is 5.92. The summed E-state index contributed by atoms with van der Waals surface area (Å²) in [7, 11) is 5.44. The van der Waals surface area contributed by atoms with E-state index in [0.717, 1.165) is 0 Å².